The summed E-state index contributed by atoms with van der Waals surface area (Å²) in [4.78, 5) is 11.4. The second-order valence-corrected chi connectivity index (χ2v) is 4.54. The lowest BCUT2D eigenvalue weighted by molar-refractivity contribution is -0.120. The maximum atomic E-state index is 11.4. The van der Waals surface area contributed by atoms with Crippen LogP contribution in [0.1, 0.15) is 25.7 Å². The molecule has 1 saturated carbocycles. The van der Waals surface area contributed by atoms with Crippen LogP contribution in [-0.2, 0) is 4.79 Å². The van der Waals surface area contributed by atoms with Gasteiger partial charge in [-0.25, -0.2) is 0 Å². The highest BCUT2D eigenvalue weighted by Gasteiger charge is 2.33. The van der Waals surface area contributed by atoms with Crippen molar-refractivity contribution in [2.24, 2.45) is 5.73 Å². The third kappa shape index (κ3) is 2.88. The highest BCUT2D eigenvalue weighted by atomic mass is 32.2. The lowest BCUT2D eigenvalue weighted by Crippen LogP contribution is -2.52. The van der Waals surface area contributed by atoms with E-state index in [0.717, 1.165) is 12.8 Å². The second kappa shape index (κ2) is 4.86. The first-order valence-electron chi connectivity index (χ1n) is 4.72. The Bertz CT molecular complexity index is 178. The van der Waals surface area contributed by atoms with E-state index in [2.05, 4.69) is 5.32 Å². The van der Waals surface area contributed by atoms with E-state index < -0.39 is 0 Å². The minimum absolute atomic E-state index is 0.0766. The van der Waals surface area contributed by atoms with Crippen LogP contribution >= 0.6 is 11.8 Å². The summed E-state index contributed by atoms with van der Waals surface area (Å²) >= 11 is 1.55. The molecule has 1 rings (SSSR count). The molecular weight excluding hydrogens is 184 g/mol. The molecule has 0 aromatic heterocycles. The summed E-state index contributed by atoms with van der Waals surface area (Å²) in [5.74, 6) is 0.668. The zero-order valence-electron chi connectivity index (χ0n) is 8.14. The van der Waals surface area contributed by atoms with Gasteiger partial charge in [-0.3, -0.25) is 4.79 Å². The van der Waals surface area contributed by atoms with E-state index in [4.69, 9.17) is 5.73 Å². The highest BCUT2D eigenvalue weighted by Crippen LogP contribution is 2.28. The van der Waals surface area contributed by atoms with Gasteiger partial charge in [0.2, 0.25) is 5.91 Å². The van der Waals surface area contributed by atoms with Crippen LogP contribution in [0.2, 0.25) is 0 Å². The topological polar surface area (TPSA) is 55.1 Å². The van der Waals surface area contributed by atoms with Crippen molar-refractivity contribution >= 4 is 17.7 Å². The molecule has 0 saturated heterocycles. The van der Waals surface area contributed by atoms with Crippen LogP contribution in [0.4, 0.5) is 0 Å². The SMILES string of the molecule is CSCC(=O)NC1(CN)CCCC1. The van der Waals surface area contributed by atoms with Gasteiger partial charge in [0.1, 0.15) is 0 Å². The summed E-state index contributed by atoms with van der Waals surface area (Å²) in [5, 5.41) is 3.06. The molecule has 76 valence electrons. The Balaban J connectivity index is 2.43. The first-order valence-corrected chi connectivity index (χ1v) is 6.12. The molecule has 13 heavy (non-hydrogen) atoms. The number of carbonyl (C=O) groups is 1. The van der Waals surface area contributed by atoms with E-state index in [9.17, 15) is 4.79 Å². The Labute approximate surface area is 83.8 Å². The van der Waals surface area contributed by atoms with Gasteiger partial charge in [0.05, 0.1) is 11.3 Å². The number of rotatable bonds is 4. The molecule has 3 N–H and O–H groups in total. The van der Waals surface area contributed by atoms with Crippen molar-refractivity contribution in [3.63, 3.8) is 0 Å². The molecule has 0 spiro atoms. The first-order chi connectivity index (χ1) is 6.22. The molecule has 0 bridgehead atoms. The van der Waals surface area contributed by atoms with Crippen molar-refractivity contribution in [2.45, 2.75) is 31.2 Å². The van der Waals surface area contributed by atoms with Crippen LogP contribution < -0.4 is 11.1 Å². The summed E-state index contributed by atoms with van der Waals surface area (Å²) in [6.07, 6.45) is 6.41. The summed E-state index contributed by atoms with van der Waals surface area (Å²) in [6, 6.07) is 0. The molecule has 0 heterocycles. The molecule has 1 aliphatic rings. The Morgan fingerprint density at radius 1 is 1.54 bits per heavy atom. The minimum atomic E-state index is -0.0766. The van der Waals surface area contributed by atoms with Crippen molar-refractivity contribution < 1.29 is 4.79 Å². The van der Waals surface area contributed by atoms with Gasteiger partial charge in [0.15, 0.2) is 0 Å². The van der Waals surface area contributed by atoms with Gasteiger partial charge in [-0.05, 0) is 19.1 Å². The normalized spacial score (nSPS) is 20.2. The lowest BCUT2D eigenvalue weighted by atomic mass is 9.98. The highest BCUT2D eigenvalue weighted by molar-refractivity contribution is 7.99. The summed E-state index contributed by atoms with van der Waals surface area (Å²) in [6.45, 7) is 0.577. The number of amides is 1. The predicted octanol–water partition coefficient (Wildman–Crippen LogP) is 0.737. The largest absolute Gasteiger partial charge is 0.349 e. The van der Waals surface area contributed by atoms with Gasteiger partial charge >= 0.3 is 0 Å². The molecular formula is C9H18N2OS. The predicted molar refractivity (Wildman–Crippen MR) is 56.8 cm³/mol. The molecule has 0 aromatic rings. The fraction of sp³-hybridized carbons (Fsp3) is 0.889. The molecule has 1 fully saturated rings. The summed E-state index contributed by atoms with van der Waals surface area (Å²) in [5.41, 5.74) is 5.62. The Morgan fingerprint density at radius 2 is 2.15 bits per heavy atom. The first kappa shape index (κ1) is 10.9. The maximum Gasteiger partial charge on any atom is 0.230 e. The molecule has 0 aromatic carbocycles. The monoisotopic (exact) mass is 202 g/mol. The van der Waals surface area contributed by atoms with Crippen LogP contribution in [0.5, 0.6) is 0 Å². The van der Waals surface area contributed by atoms with E-state index in [1.54, 1.807) is 11.8 Å². The minimum Gasteiger partial charge on any atom is -0.349 e. The lowest BCUT2D eigenvalue weighted by Gasteiger charge is -2.28. The van der Waals surface area contributed by atoms with Crippen molar-refractivity contribution in [1.82, 2.24) is 5.32 Å². The summed E-state index contributed by atoms with van der Waals surface area (Å²) < 4.78 is 0. The fourth-order valence-electron chi connectivity index (χ4n) is 1.89. The summed E-state index contributed by atoms with van der Waals surface area (Å²) in [7, 11) is 0. The van der Waals surface area contributed by atoms with Crippen LogP contribution in [0.25, 0.3) is 0 Å². The molecule has 0 radical (unpaired) electrons. The standard InChI is InChI=1S/C9H18N2OS/c1-13-6-8(12)11-9(7-10)4-2-3-5-9/h2-7,10H2,1H3,(H,11,12). The van der Waals surface area contributed by atoms with Crippen LogP contribution in [0.3, 0.4) is 0 Å². The number of nitrogens with two attached hydrogens (primary N) is 1. The molecule has 1 aliphatic carbocycles. The van der Waals surface area contributed by atoms with Gasteiger partial charge < -0.3 is 11.1 Å². The molecule has 0 unspecified atom stereocenters. The van der Waals surface area contributed by atoms with E-state index in [1.165, 1.54) is 12.8 Å². The zero-order chi connectivity index (χ0) is 9.73. The van der Waals surface area contributed by atoms with Crippen LogP contribution in [-0.4, -0.2) is 30.0 Å². The Hall–Kier alpha value is -0.220. The van der Waals surface area contributed by atoms with Crippen LogP contribution in [0.15, 0.2) is 0 Å². The average Bonchev–Trinajstić information content (AvgIpc) is 2.54. The van der Waals surface area contributed by atoms with Gasteiger partial charge in [0, 0.05) is 6.54 Å². The smallest absolute Gasteiger partial charge is 0.230 e. The number of hydrogen-bond acceptors (Lipinski definition) is 3. The van der Waals surface area contributed by atoms with Gasteiger partial charge in [0.25, 0.3) is 0 Å². The molecule has 4 heteroatoms. The molecule has 0 aliphatic heterocycles. The maximum absolute atomic E-state index is 11.4. The van der Waals surface area contributed by atoms with Crippen molar-refractivity contribution in [1.29, 1.82) is 0 Å². The van der Waals surface area contributed by atoms with Crippen molar-refractivity contribution in [3.8, 4) is 0 Å². The van der Waals surface area contributed by atoms with Gasteiger partial charge in [-0.15, -0.1) is 0 Å². The molecule has 3 nitrogen and oxygen atoms in total. The fourth-order valence-corrected chi connectivity index (χ4v) is 2.23. The Morgan fingerprint density at radius 3 is 2.62 bits per heavy atom. The number of thioether (sulfide) groups is 1. The van der Waals surface area contributed by atoms with Crippen molar-refractivity contribution in [3.05, 3.63) is 0 Å². The van der Waals surface area contributed by atoms with E-state index in [1.807, 2.05) is 6.26 Å². The number of carbonyl (C=O) groups excluding carboxylic acids is 1. The Kier molecular flexibility index (Phi) is 4.06. The van der Waals surface area contributed by atoms with E-state index in [-0.39, 0.29) is 11.4 Å². The van der Waals surface area contributed by atoms with Gasteiger partial charge in [-0.1, -0.05) is 12.8 Å². The zero-order valence-corrected chi connectivity index (χ0v) is 8.95. The second-order valence-electron chi connectivity index (χ2n) is 3.67. The van der Waals surface area contributed by atoms with Crippen molar-refractivity contribution in [2.75, 3.05) is 18.6 Å². The third-order valence-electron chi connectivity index (χ3n) is 2.63. The number of hydrogen-bond donors (Lipinski definition) is 2. The van der Waals surface area contributed by atoms with E-state index in [0.29, 0.717) is 12.3 Å². The van der Waals surface area contributed by atoms with Crippen LogP contribution in [0, 0.1) is 0 Å². The average molecular weight is 202 g/mol. The third-order valence-corrected chi connectivity index (χ3v) is 3.18. The number of nitrogens with one attached hydrogen (secondary N) is 1. The molecule has 1 amide bonds. The quantitative estimate of drug-likeness (QED) is 0.707. The van der Waals surface area contributed by atoms with E-state index >= 15 is 0 Å². The van der Waals surface area contributed by atoms with Gasteiger partial charge in [-0.2, -0.15) is 11.8 Å². The molecule has 0 atom stereocenters.